The zero-order chi connectivity index (χ0) is 13.3. The van der Waals surface area contributed by atoms with Crippen molar-refractivity contribution in [1.29, 1.82) is 0 Å². The maximum absolute atomic E-state index is 11.9. The third-order valence-corrected chi connectivity index (χ3v) is 2.96. The van der Waals surface area contributed by atoms with E-state index < -0.39 is 5.97 Å². The van der Waals surface area contributed by atoms with E-state index in [0.29, 0.717) is 29.9 Å². The molecule has 96 valence electrons. The quantitative estimate of drug-likeness (QED) is 0.380. The van der Waals surface area contributed by atoms with Crippen LogP contribution in [0, 0.1) is 0 Å². The summed E-state index contributed by atoms with van der Waals surface area (Å²) >= 11 is 1.30. The zero-order valence-corrected chi connectivity index (χ0v) is 11.6. The van der Waals surface area contributed by atoms with Crippen molar-refractivity contribution < 1.29 is 14.3 Å². The van der Waals surface area contributed by atoms with Gasteiger partial charge >= 0.3 is 5.97 Å². The highest BCUT2D eigenvalue weighted by atomic mass is 32.2. The highest BCUT2D eigenvalue weighted by molar-refractivity contribution is 8.03. The van der Waals surface area contributed by atoms with E-state index in [0.717, 1.165) is 6.42 Å². The van der Waals surface area contributed by atoms with Gasteiger partial charge in [0.15, 0.2) is 5.78 Å². The van der Waals surface area contributed by atoms with E-state index in [1.54, 1.807) is 19.3 Å². The fourth-order valence-corrected chi connectivity index (χ4v) is 2.12. The van der Waals surface area contributed by atoms with E-state index in [1.165, 1.54) is 11.8 Å². The van der Waals surface area contributed by atoms with Crippen molar-refractivity contribution >= 4 is 23.5 Å². The Morgan fingerprint density at radius 1 is 1.35 bits per heavy atom. The molecular formula is C13H20O3S. The predicted molar refractivity (Wildman–Crippen MR) is 71.9 cm³/mol. The largest absolute Gasteiger partial charge is 0.463 e. The van der Waals surface area contributed by atoms with Gasteiger partial charge in [-0.05, 0) is 26.0 Å². The highest BCUT2D eigenvalue weighted by Gasteiger charge is 2.19. The van der Waals surface area contributed by atoms with Crippen LogP contribution in [0.1, 0.15) is 33.1 Å². The molecule has 17 heavy (non-hydrogen) atoms. The molecule has 4 heteroatoms. The lowest BCUT2D eigenvalue weighted by Gasteiger charge is -2.10. The minimum Gasteiger partial charge on any atom is -0.463 e. The number of rotatable bonds is 8. The topological polar surface area (TPSA) is 43.4 Å². The van der Waals surface area contributed by atoms with E-state index in [-0.39, 0.29) is 5.78 Å². The Morgan fingerprint density at radius 3 is 2.41 bits per heavy atom. The van der Waals surface area contributed by atoms with Crippen molar-refractivity contribution in [2.45, 2.75) is 33.1 Å². The molecule has 0 unspecified atom stereocenters. The maximum Gasteiger partial charge on any atom is 0.335 e. The summed E-state index contributed by atoms with van der Waals surface area (Å²) in [6, 6.07) is 0. The molecule has 0 fully saturated rings. The number of ether oxygens (including phenoxy) is 1. The van der Waals surface area contributed by atoms with E-state index in [4.69, 9.17) is 4.74 Å². The van der Waals surface area contributed by atoms with Gasteiger partial charge in [0.2, 0.25) is 0 Å². The predicted octanol–water partition coefficient (Wildman–Crippen LogP) is 3.11. The maximum atomic E-state index is 11.9. The standard InChI is InChI=1S/C13H20O3S/c1-5-8-10(13(15)16-7-3)12(17-4)11(14)9-6-2/h5H,1,6-9H2,2-4H3/b12-10+. The van der Waals surface area contributed by atoms with Crippen molar-refractivity contribution in [2.75, 3.05) is 12.9 Å². The second-order valence-corrected chi connectivity index (χ2v) is 4.21. The molecule has 3 nitrogen and oxygen atoms in total. The van der Waals surface area contributed by atoms with Crippen LogP contribution in [0.2, 0.25) is 0 Å². The number of allylic oxidation sites excluding steroid dienone is 2. The van der Waals surface area contributed by atoms with E-state index in [2.05, 4.69) is 6.58 Å². The molecule has 0 aliphatic carbocycles. The van der Waals surface area contributed by atoms with Gasteiger partial charge in [-0.3, -0.25) is 4.79 Å². The fraction of sp³-hybridized carbons (Fsp3) is 0.538. The van der Waals surface area contributed by atoms with E-state index >= 15 is 0 Å². The van der Waals surface area contributed by atoms with Crippen LogP contribution >= 0.6 is 11.8 Å². The SMILES string of the molecule is C=CC/C(C(=O)OCC)=C(\SC)C(=O)CCC. The molecule has 0 aromatic carbocycles. The normalized spacial score (nSPS) is 11.7. The summed E-state index contributed by atoms with van der Waals surface area (Å²) in [5.74, 6) is -0.411. The van der Waals surface area contributed by atoms with Gasteiger partial charge in [0.1, 0.15) is 0 Å². The van der Waals surface area contributed by atoms with Crippen LogP contribution in [0.15, 0.2) is 23.1 Å². The second-order valence-electron chi connectivity index (χ2n) is 3.40. The summed E-state index contributed by atoms with van der Waals surface area (Å²) in [5.41, 5.74) is 0.424. The number of esters is 1. The number of hydrogen-bond donors (Lipinski definition) is 0. The number of hydrogen-bond acceptors (Lipinski definition) is 4. The molecule has 0 aromatic rings. The average molecular weight is 256 g/mol. The van der Waals surface area contributed by atoms with Gasteiger partial charge in [0.25, 0.3) is 0 Å². The van der Waals surface area contributed by atoms with Gasteiger partial charge in [-0.15, -0.1) is 18.3 Å². The summed E-state index contributed by atoms with van der Waals surface area (Å²) < 4.78 is 4.96. The van der Waals surface area contributed by atoms with E-state index in [1.807, 2.05) is 6.92 Å². The molecule has 0 rings (SSSR count). The van der Waals surface area contributed by atoms with Crippen molar-refractivity contribution in [3.05, 3.63) is 23.1 Å². The molecule has 0 aliphatic heterocycles. The van der Waals surface area contributed by atoms with Crippen LogP contribution in [-0.4, -0.2) is 24.6 Å². The first-order chi connectivity index (χ1) is 8.12. The molecule has 0 saturated heterocycles. The van der Waals surface area contributed by atoms with Crippen LogP contribution < -0.4 is 0 Å². The number of Topliss-reactive ketones (excluding diaryl/α,β-unsaturated/α-hetero) is 1. The summed E-state index contributed by atoms with van der Waals surface area (Å²) in [6.07, 6.45) is 5.00. The van der Waals surface area contributed by atoms with E-state index in [9.17, 15) is 9.59 Å². The molecule has 0 atom stereocenters. The number of thioether (sulfide) groups is 1. The third-order valence-electron chi connectivity index (χ3n) is 2.08. The first kappa shape index (κ1) is 16.0. The zero-order valence-electron chi connectivity index (χ0n) is 10.7. The van der Waals surface area contributed by atoms with Crippen LogP contribution in [0.5, 0.6) is 0 Å². The Bertz CT molecular complexity index is 319. The Labute approximate surface area is 107 Å². The molecule has 0 spiro atoms. The van der Waals surface area contributed by atoms with Crippen LogP contribution in [0.4, 0.5) is 0 Å². The highest BCUT2D eigenvalue weighted by Crippen LogP contribution is 2.23. The smallest absolute Gasteiger partial charge is 0.335 e. The van der Waals surface area contributed by atoms with Crippen molar-refractivity contribution in [3.8, 4) is 0 Å². The summed E-state index contributed by atoms with van der Waals surface area (Å²) in [5, 5.41) is 0. The summed E-state index contributed by atoms with van der Waals surface area (Å²) in [6.45, 7) is 7.60. The Hall–Kier alpha value is -1.03. The number of carbonyl (C=O) groups excluding carboxylic acids is 2. The minimum atomic E-state index is -0.416. The summed E-state index contributed by atoms with van der Waals surface area (Å²) in [7, 11) is 0. The molecule has 0 aromatic heterocycles. The minimum absolute atomic E-state index is 0.00454. The Kier molecular flexibility index (Phi) is 8.50. The number of carbonyl (C=O) groups is 2. The van der Waals surface area contributed by atoms with Crippen molar-refractivity contribution in [1.82, 2.24) is 0 Å². The lowest BCUT2D eigenvalue weighted by Crippen LogP contribution is -2.13. The fourth-order valence-electron chi connectivity index (χ4n) is 1.38. The number of ketones is 1. The Balaban J connectivity index is 5.21. The van der Waals surface area contributed by atoms with Crippen molar-refractivity contribution in [3.63, 3.8) is 0 Å². The van der Waals surface area contributed by atoms with Gasteiger partial charge in [-0.25, -0.2) is 4.79 Å². The molecular weight excluding hydrogens is 236 g/mol. The molecule has 0 saturated carbocycles. The first-order valence-corrected chi connectivity index (χ1v) is 6.93. The lowest BCUT2D eigenvalue weighted by atomic mass is 10.1. The molecule has 0 aliphatic rings. The second kappa shape index (κ2) is 9.05. The molecule has 0 heterocycles. The third kappa shape index (κ3) is 5.22. The molecule has 0 bridgehead atoms. The van der Waals surface area contributed by atoms with Gasteiger partial charge in [-0.1, -0.05) is 13.0 Å². The van der Waals surface area contributed by atoms with Gasteiger partial charge in [0.05, 0.1) is 17.1 Å². The lowest BCUT2D eigenvalue weighted by molar-refractivity contribution is -0.138. The first-order valence-electron chi connectivity index (χ1n) is 5.70. The van der Waals surface area contributed by atoms with Gasteiger partial charge < -0.3 is 4.74 Å². The van der Waals surface area contributed by atoms with Crippen LogP contribution in [0.3, 0.4) is 0 Å². The molecule has 0 amide bonds. The Morgan fingerprint density at radius 2 is 2.00 bits per heavy atom. The van der Waals surface area contributed by atoms with Gasteiger partial charge in [-0.2, -0.15) is 0 Å². The van der Waals surface area contributed by atoms with Crippen LogP contribution in [-0.2, 0) is 14.3 Å². The van der Waals surface area contributed by atoms with Gasteiger partial charge in [0, 0.05) is 6.42 Å². The average Bonchev–Trinajstić information content (AvgIpc) is 2.29. The van der Waals surface area contributed by atoms with Crippen LogP contribution in [0.25, 0.3) is 0 Å². The molecule has 0 N–H and O–H groups in total. The summed E-state index contributed by atoms with van der Waals surface area (Å²) in [4.78, 5) is 24.1. The van der Waals surface area contributed by atoms with Crippen molar-refractivity contribution in [2.24, 2.45) is 0 Å². The monoisotopic (exact) mass is 256 g/mol. The molecule has 0 radical (unpaired) electrons.